The van der Waals surface area contributed by atoms with Gasteiger partial charge in [-0.15, -0.1) is 0 Å². The van der Waals surface area contributed by atoms with Crippen LogP contribution in [0.15, 0.2) is 83.8 Å². The molecule has 37 heavy (non-hydrogen) atoms. The van der Waals surface area contributed by atoms with Gasteiger partial charge in [0.1, 0.15) is 17.3 Å². The van der Waals surface area contributed by atoms with Gasteiger partial charge in [0.25, 0.3) is 5.89 Å². The molecule has 3 aromatic carbocycles. The Morgan fingerprint density at radius 1 is 1.11 bits per heavy atom. The van der Waals surface area contributed by atoms with Crippen LogP contribution in [0.2, 0.25) is 5.02 Å². The lowest BCUT2D eigenvalue weighted by molar-refractivity contribution is 0.262. The molecule has 0 unspecified atom stereocenters. The van der Waals surface area contributed by atoms with Crippen LogP contribution in [0.3, 0.4) is 0 Å². The number of hydrogen-bond donors (Lipinski definition) is 2. The number of rotatable bonds is 7. The molecule has 2 N–H and O–H groups in total. The average molecular weight is 519 g/mol. The first-order chi connectivity index (χ1) is 18.0. The first kappa shape index (κ1) is 24.0. The standard InChI is InChI=1S/C26H20ClFN6O3/c1-36-23-10-7-18(27)12-21(23)31-26(35)30-20-8-5-16(6-9-20)13-34-14-22(29-15-34)25-32-24(33-37-25)17-3-2-4-19(28)11-17/h2-12,14-15H,13H2,1H3,(H2,30,31,35). The van der Waals surface area contributed by atoms with Crippen LogP contribution in [-0.2, 0) is 6.54 Å². The lowest BCUT2D eigenvalue weighted by Gasteiger charge is -2.12. The van der Waals surface area contributed by atoms with Crippen molar-refractivity contribution < 1.29 is 18.4 Å². The Balaban J connectivity index is 1.20. The largest absolute Gasteiger partial charge is 0.495 e. The number of carbonyl (C=O) groups is 1. The van der Waals surface area contributed by atoms with E-state index >= 15 is 0 Å². The number of urea groups is 1. The minimum atomic E-state index is -0.426. The highest BCUT2D eigenvalue weighted by atomic mass is 35.5. The fraction of sp³-hybridized carbons (Fsp3) is 0.0769. The number of hydrogen-bond acceptors (Lipinski definition) is 6. The highest BCUT2D eigenvalue weighted by Gasteiger charge is 2.14. The van der Waals surface area contributed by atoms with Crippen molar-refractivity contribution in [2.24, 2.45) is 0 Å². The molecule has 0 aliphatic rings. The van der Waals surface area contributed by atoms with Crippen LogP contribution in [0.5, 0.6) is 5.75 Å². The summed E-state index contributed by atoms with van der Waals surface area (Å²) in [4.78, 5) is 21.1. The van der Waals surface area contributed by atoms with Gasteiger partial charge in [-0.3, -0.25) is 0 Å². The number of carbonyl (C=O) groups excluding carboxylic acids is 1. The number of benzene rings is 3. The Hall–Kier alpha value is -4.70. The summed E-state index contributed by atoms with van der Waals surface area (Å²) in [5.74, 6) is 0.640. The Kier molecular flexibility index (Phi) is 6.82. The SMILES string of the molecule is COc1ccc(Cl)cc1NC(=O)Nc1ccc(Cn2cnc(-c3nc(-c4cccc(F)c4)no3)c2)cc1. The van der Waals surface area contributed by atoms with E-state index in [9.17, 15) is 9.18 Å². The van der Waals surface area contributed by atoms with Crippen LogP contribution < -0.4 is 15.4 Å². The van der Waals surface area contributed by atoms with Gasteiger partial charge in [0.15, 0.2) is 0 Å². The number of aromatic nitrogens is 4. The Bertz CT molecular complexity index is 1550. The van der Waals surface area contributed by atoms with E-state index in [2.05, 4.69) is 25.8 Å². The molecule has 0 radical (unpaired) electrons. The number of imidazole rings is 1. The summed E-state index contributed by atoms with van der Waals surface area (Å²) < 4.78 is 25.9. The third kappa shape index (κ3) is 5.76. The Morgan fingerprint density at radius 3 is 2.73 bits per heavy atom. The van der Waals surface area contributed by atoms with E-state index < -0.39 is 6.03 Å². The summed E-state index contributed by atoms with van der Waals surface area (Å²) in [6.45, 7) is 0.532. The van der Waals surface area contributed by atoms with Gasteiger partial charge in [-0.25, -0.2) is 14.2 Å². The van der Waals surface area contributed by atoms with Gasteiger partial charge in [0, 0.05) is 29.0 Å². The molecule has 2 heterocycles. The number of halogens is 2. The number of ether oxygens (including phenoxy) is 1. The second-order valence-corrected chi connectivity index (χ2v) is 8.42. The highest BCUT2D eigenvalue weighted by molar-refractivity contribution is 6.31. The smallest absolute Gasteiger partial charge is 0.323 e. The molecule has 5 rings (SSSR count). The van der Waals surface area contributed by atoms with Crippen molar-refractivity contribution in [1.29, 1.82) is 0 Å². The molecule has 0 spiro atoms. The predicted molar refractivity (Wildman–Crippen MR) is 137 cm³/mol. The molecular weight excluding hydrogens is 499 g/mol. The molecule has 9 nitrogen and oxygen atoms in total. The second kappa shape index (κ2) is 10.5. The summed E-state index contributed by atoms with van der Waals surface area (Å²) in [7, 11) is 1.51. The van der Waals surface area contributed by atoms with Crippen LogP contribution in [0.4, 0.5) is 20.6 Å². The molecule has 2 amide bonds. The maximum absolute atomic E-state index is 13.5. The number of amides is 2. The van der Waals surface area contributed by atoms with E-state index in [1.807, 2.05) is 16.7 Å². The second-order valence-electron chi connectivity index (χ2n) is 7.99. The topological polar surface area (TPSA) is 107 Å². The van der Waals surface area contributed by atoms with Gasteiger partial charge >= 0.3 is 6.03 Å². The first-order valence-corrected chi connectivity index (χ1v) is 11.5. The van der Waals surface area contributed by atoms with E-state index in [-0.39, 0.29) is 17.5 Å². The van der Waals surface area contributed by atoms with Crippen molar-refractivity contribution in [3.63, 3.8) is 0 Å². The Labute approximate surface area is 215 Å². The molecular formula is C26H20ClFN6O3. The summed E-state index contributed by atoms with van der Waals surface area (Å²) in [5, 5.41) is 9.90. The zero-order chi connectivity index (χ0) is 25.8. The molecule has 0 fully saturated rings. The molecule has 11 heteroatoms. The third-order valence-corrected chi connectivity index (χ3v) is 5.58. The molecule has 5 aromatic rings. The normalized spacial score (nSPS) is 10.8. The maximum atomic E-state index is 13.5. The first-order valence-electron chi connectivity index (χ1n) is 11.1. The Morgan fingerprint density at radius 2 is 1.95 bits per heavy atom. The van der Waals surface area contributed by atoms with Crippen LogP contribution in [0, 0.1) is 5.82 Å². The zero-order valence-corrected chi connectivity index (χ0v) is 20.2. The van der Waals surface area contributed by atoms with E-state index in [4.69, 9.17) is 20.9 Å². The van der Waals surface area contributed by atoms with Crippen molar-refractivity contribution in [2.45, 2.75) is 6.54 Å². The molecule has 186 valence electrons. The van der Waals surface area contributed by atoms with Gasteiger partial charge < -0.3 is 24.5 Å². The molecule has 0 saturated carbocycles. The van der Waals surface area contributed by atoms with E-state index in [1.54, 1.807) is 55.0 Å². The van der Waals surface area contributed by atoms with Gasteiger partial charge in [-0.2, -0.15) is 4.98 Å². The van der Waals surface area contributed by atoms with Crippen molar-refractivity contribution in [3.8, 4) is 28.7 Å². The van der Waals surface area contributed by atoms with Gasteiger partial charge in [-0.05, 0) is 48.0 Å². The van der Waals surface area contributed by atoms with Crippen LogP contribution >= 0.6 is 11.6 Å². The lowest BCUT2D eigenvalue weighted by atomic mass is 10.2. The van der Waals surface area contributed by atoms with Crippen LogP contribution in [0.1, 0.15) is 5.56 Å². The van der Waals surface area contributed by atoms with Crippen molar-refractivity contribution in [3.05, 3.63) is 95.7 Å². The van der Waals surface area contributed by atoms with E-state index in [0.29, 0.717) is 39.9 Å². The van der Waals surface area contributed by atoms with E-state index in [1.165, 1.54) is 19.2 Å². The van der Waals surface area contributed by atoms with Gasteiger partial charge in [-0.1, -0.05) is 41.0 Å². The fourth-order valence-corrected chi connectivity index (χ4v) is 3.77. The lowest BCUT2D eigenvalue weighted by Crippen LogP contribution is -2.19. The zero-order valence-electron chi connectivity index (χ0n) is 19.5. The number of methoxy groups -OCH3 is 1. The minimum Gasteiger partial charge on any atom is -0.495 e. The molecule has 0 aliphatic carbocycles. The third-order valence-electron chi connectivity index (χ3n) is 5.35. The van der Waals surface area contributed by atoms with Crippen LogP contribution in [0.25, 0.3) is 23.0 Å². The summed E-state index contributed by atoms with van der Waals surface area (Å²) in [6, 6.07) is 17.9. The van der Waals surface area contributed by atoms with Crippen LogP contribution in [-0.4, -0.2) is 32.8 Å². The average Bonchev–Trinajstić information content (AvgIpc) is 3.55. The highest BCUT2D eigenvalue weighted by Crippen LogP contribution is 2.28. The summed E-state index contributed by atoms with van der Waals surface area (Å²) >= 11 is 6.01. The minimum absolute atomic E-state index is 0.236. The fourth-order valence-electron chi connectivity index (χ4n) is 3.60. The van der Waals surface area contributed by atoms with Gasteiger partial charge in [0.05, 0.1) is 19.1 Å². The molecule has 0 atom stereocenters. The van der Waals surface area contributed by atoms with Crippen molar-refractivity contribution >= 4 is 29.0 Å². The maximum Gasteiger partial charge on any atom is 0.323 e. The van der Waals surface area contributed by atoms with Crippen molar-refractivity contribution in [2.75, 3.05) is 17.7 Å². The van der Waals surface area contributed by atoms with Crippen molar-refractivity contribution in [1.82, 2.24) is 19.7 Å². The number of nitrogens with one attached hydrogen (secondary N) is 2. The molecule has 0 aliphatic heterocycles. The molecule has 2 aromatic heterocycles. The summed E-state index contributed by atoms with van der Waals surface area (Å²) in [6.07, 6.45) is 3.43. The van der Waals surface area contributed by atoms with E-state index in [0.717, 1.165) is 5.56 Å². The monoisotopic (exact) mass is 518 g/mol. The number of nitrogens with zero attached hydrogens (tertiary/aromatic N) is 4. The molecule has 0 bridgehead atoms. The predicted octanol–water partition coefficient (Wildman–Crippen LogP) is 6.09. The number of anilines is 2. The summed E-state index contributed by atoms with van der Waals surface area (Å²) in [5.41, 5.74) is 3.08. The van der Waals surface area contributed by atoms with Gasteiger partial charge in [0.2, 0.25) is 5.82 Å². The molecule has 0 saturated heterocycles. The quantitative estimate of drug-likeness (QED) is 0.270.